The van der Waals surface area contributed by atoms with Crippen LogP contribution in [0, 0.1) is 10.1 Å². The zero-order chi connectivity index (χ0) is 21.7. The largest absolute Gasteiger partial charge is 0.350 e. The van der Waals surface area contributed by atoms with Crippen molar-refractivity contribution in [3.8, 4) is 5.69 Å². The lowest BCUT2D eigenvalue weighted by molar-refractivity contribution is -0.384. The van der Waals surface area contributed by atoms with Crippen molar-refractivity contribution in [2.75, 3.05) is 17.1 Å². The van der Waals surface area contributed by atoms with E-state index < -0.39 is 27.4 Å². The van der Waals surface area contributed by atoms with Crippen LogP contribution in [0.15, 0.2) is 67.3 Å². The van der Waals surface area contributed by atoms with E-state index in [1.807, 2.05) is 24.3 Å². The van der Waals surface area contributed by atoms with Gasteiger partial charge in [0.2, 0.25) is 15.9 Å². The molecule has 1 amide bonds. The molecule has 1 heterocycles. The fourth-order valence-electron chi connectivity index (χ4n) is 2.86. The van der Waals surface area contributed by atoms with E-state index in [-0.39, 0.29) is 17.9 Å². The number of para-hydroxylation sites is 1. The predicted molar refractivity (Wildman–Crippen MR) is 111 cm³/mol. The van der Waals surface area contributed by atoms with Crippen molar-refractivity contribution in [2.24, 2.45) is 0 Å². The van der Waals surface area contributed by atoms with E-state index in [4.69, 9.17) is 0 Å². The van der Waals surface area contributed by atoms with Crippen molar-refractivity contribution < 1.29 is 18.1 Å². The Morgan fingerprint density at radius 3 is 2.67 bits per heavy atom. The number of amides is 1. The molecule has 0 aliphatic rings. The minimum atomic E-state index is -3.84. The molecule has 0 bridgehead atoms. The maximum Gasteiger partial charge on any atom is 0.271 e. The maximum atomic E-state index is 12.5. The second-order valence-electron chi connectivity index (χ2n) is 6.42. The molecule has 11 heteroatoms. The standard InChI is InChI=1S/C19H19N5O5S/c1-30(28,29)23(16-6-4-7-17(11-16)24(26)27)13-19(25)21-12-15-5-2-3-8-18(15)22-10-9-20-14-22/h2-11,14H,12-13H2,1H3,(H,21,25). The van der Waals surface area contributed by atoms with Gasteiger partial charge >= 0.3 is 0 Å². The summed E-state index contributed by atoms with van der Waals surface area (Å²) >= 11 is 0. The molecular formula is C19H19N5O5S. The fourth-order valence-corrected chi connectivity index (χ4v) is 3.70. The molecule has 0 aliphatic carbocycles. The molecule has 0 unspecified atom stereocenters. The van der Waals surface area contributed by atoms with Gasteiger partial charge in [-0.05, 0) is 17.7 Å². The number of carbonyl (C=O) groups excluding carboxylic acids is 1. The van der Waals surface area contributed by atoms with Gasteiger partial charge in [0.1, 0.15) is 6.54 Å². The van der Waals surface area contributed by atoms with Gasteiger partial charge in [-0.25, -0.2) is 13.4 Å². The van der Waals surface area contributed by atoms with Crippen LogP contribution in [0.2, 0.25) is 0 Å². The van der Waals surface area contributed by atoms with Crippen LogP contribution in [-0.2, 0) is 21.4 Å². The van der Waals surface area contributed by atoms with Crippen molar-refractivity contribution in [2.45, 2.75) is 6.54 Å². The Hall–Kier alpha value is -3.73. The van der Waals surface area contributed by atoms with Gasteiger partial charge in [0.15, 0.2) is 0 Å². The molecule has 0 saturated carbocycles. The summed E-state index contributed by atoms with van der Waals surface area (Å²) in [4.78, 5) is 26.9. The molecule has 156 valence electrons. The lowest BCUT2D eigenvalue weighted by Crippen LogP contribution is -2.40. The van der Waals surface area contributed by atoms with Crippen LogP contribution in [0.25, 0.3) is 5.69 Å². The molecule has 10 nitrogen and oxygen atoms in total. The zero-order valence-corrected chi connectivity index (χ0v) is 16.8. The van der Waals surface area contributed by atoms with E-state index in [2.05, 4.69) is 10.3 Å². The number of nitro groups is 1. The minimum Gasteiger partial charge on any atom is -0.350 e. The van der Waals surface area contributed by atoms with E-state index in [1.54, 1.807) is 23.3 Å². The summed E-state index contributed by atoms with van der Waals surface area (Å²) in [5.74, 6) is -0.549. The Bertz CT molecular complexity index is 1160. The summed E-state index contributed by atoms with van der Waals surface area (Å²) in [5.41, 5.74) is 1.41. The molecule has 0 fully saturated rings. The second kappa shape index (κ2) is 8.74. The van der Waals surface area contributed by atoms with Crippen molar-refractivity contribution >= 4 is 27.3 Å². The van der Waals surface area contributed by atoms with E-state index >= 15 is 0 Å². The van der Waals surface area contributed by atoms with Gasteiger partial charge in [0.05, 0.1) is 28.9 Å². The second-order valence-corrected chi connectivity index (χ2v) is 8.33. The van der Waals surface area contributed by atoms with Gasteiger partial charge < -0.3 is 9.88 Å². The molecule has 3 rings (SSSR count). The molecule has 0 radical (unpaired) electrons. The number of hydrogen-bond donors (Lipinski definition) is 1. The third-order valence-electron chi connectivity index (χ3n) is 4.27. The van der Waals surface area contributed by atoms with Crippen LogP contribution >= 0.6 is 0 Å². The maximum absolute atomic E-state index is 12.5. The van der Waals surface area contributed by atoms with Crippen LogP contribution in [0.3, 0.4) is 0 Å². The Labute approximate surface area is 173 Å². The number of nitrogens with one attached hydrogen (secondary N) is 1. The van der Waals surface area contributed by atoms with Crippen LogP contribution in [0.4, 0.5) is 11.4 Å². The van der Waals surface area contributed by atoms with Crippen molar-refractivity contribution in [3.63, 3.8) is 0 Å². The first kappa shape index (κ1) is 21.0. The number of anilines is 1. The molecular weight excluding hydrogens is 410 g/mol. The van der Waals surface area contributed by atoms with Crippen molar-refractivity contribution in [1.82, 2.24) is 14.9 Å². The van der Waals surface area contributed by atoms with E-state index in [0.29, 0.717) is 0 Å². The number of rotatable bonds is 8. The van der Waals surface area contributed by atoms with E-state index in [0.717, 1.165) is 27.9 Å². The molecule has 0 spiro atoms. The van der Waals surface area contributed by atoms with Crippen LogP contribution < -0.4 is 9.62 Å². The van der Waals surface area contributed by atoms with Gasteiger partial charge in [0, 0.05) is 31.1 Å². The van der Waals surface area contributed by atoms with Crippen molar-refractivity contribution in [1.29, 1.82) is 0 Å². The Morgan fingerprint density at radius 2 is 2.00 bits per heavy atom. The Morgan fingerprint density at radius 1 is 1.23 bits per heavy atom. The van der Waals surface area contributed by atoms with Gasteiger partial charge in [-0.15, -0.1) is 0 Å². The molecule has 3 aromatic rings. The molecule has 0 aliphatic heterocycles. The van der Waals surface area contributed by atoms with Crippen LogP contribution in [0.1, 0.15) is 5.56 Å². The molecule has 0 saturated heterocycles. The normalized spacial score (nSPS) is 11.1. The highest BCUT2D eigenvalue weighted by Gasteiger charge is 2.22. The van der Waals surface area contributed by atoms with Gasteiger partial charge in [-0.2, -0.15) is 0 Å². The van der Waals surface area contributed by atoms with Gasteiger partial charge in [0.25, 0.3) is 5.69 Å². The minimum absolute atomic E-state index is 0.0423. The number of benzene rings is 2. The third-order valence-corrected chi connectivity index (χ3v) is 5.41. The number of nitro benzene ring substituents is 1. The number of hydrogen-bond acceptors (Lipinski definition) is 6. The average molecular weight is 429 g/mol. The summed E-state index contributed by atoms with van der Waals surface area (Å²) in [6.45, 7) is -0.340. The number of sulfonamides is 1. The highest BCUT2D eigenvalue weighted by Crippen LogP contribution is 2.23. The number of nitrogens with zero attached hydrogens (tertiary/aromatic N) is 4. The lowest BCUT2D eigenvalue weighted by atomic mass is 10.1. The monoisotopic (exact) mass is 429 g/mol. The van der Waals surface area contributed by atoms with Crippen molar-refractivity contribution in [3.05, 3.63) is 82.9 Å². The smallest absolute Gasteiger partial charge is 0.271 e. The molecule has 1 aromatic heterocycles. The first-order chi connectivity index (χ1) is 14.3. The van der Waals surface area contributed by atoms with Crippen LogP contribution in [0.5, 0.6) is 0 Å². The molecule has 30 heavy (non-hydrogen) atoms. The average Bonchev–Trinajstić information content (AvgIpc) is 3.24. The summed E-state index contributed by atoms with van der Waals surface area (Å²) in [6.07, 6.45) is 5.98. The number of carbonyl (C=O) groups is 1. The predicted octanol–water partition coefficient (Wildman–Crippen LogP) is 1.86. The first-order valence-corrected chi connectivity index (χ1v) is 10.7. The summed E-state index contributed by atoms with van der Waals surface area (Å²) in [5, 5.41) is 13.7. The SMILES string of the molecule is CS(=O)(=O)N(CC(=O)NCc1ccccc1-n1ccnc1)c1cccc([N+](=O)[O-])c1. The fraction of sp³-hybridized carbons (Fsp3) is 0.158. The number of imidazole rings is 1. The molecule has 0 atom stereocenters. The molecule has 1 N–H and O–H groups in total. The lowest BCUT2D eigenvalue weighted by Gasteiger charge is -2.22. The summed E-state index contributed by atoms with van der Waals surface area (Å²) in [7, 11) is -3.84. The highest BCUT2D eigenvalue weighted by atomic mass is 32.2. The first-order valence-electron chi connectivity index (χ1n) is 8.81. The number of aromatic nitrogens is 2. The quantitative estimate of drug-likeness (QED) is 0.430. The summed E-state index contributed by atoms with van der Waals surface area (Å²) < 4.78 is 27.0. The van der Waals surface area contributed by atoms with Gasteiger partial charge in [-0.1, -0.05) is 24.3 Å². The van der Waals surface area contributed by atoms with Gasteiger partial charge in [-0.3, -0.25) is 19.2 Å². The third kappa shape index (κ3) is 5.00. The topological polar surface area (TPSA) is 127 Å². The highest BCUT2D eigenvalue weighted by molar-refractivity contribution is 7.92. The zero-order valence-electron chi connectivity index (χ0n) is 16.0. The summed E-state index contributed by atoms with van der Waals surface area (Å²) in [6, 6.07) is 12.5. The van der Waals surface area contributed by atoms with E-state index in [9.17, 15) is 23.3 Å². The van der Waals surface area contributed by atoms with Crippen LogP contribution in [-0.4, -0.2) is 41.6 Å². The Kier molecular flexibility index (Phi) is 6.11. The number of non-ortho nitro benzene ring substituents is 1. The Balaban J connectivity index is 1.76. The van der Waals surface area contributed by atoms with E-state index in [1.165, 1.54) is 18.2 Å². The molecule has 2 aromatic carbocycles.